The summed E-state index contributed by atoms with van der Waals surface area (Å²) < 4.78 is 12.9. The van der Waals surface area contributed by atoms with Crippen molar-refractivity contribution < 1.29 is 9.15 Å². The van der Waals surface area contributed by atoms with Crippen molar-refractivity contribution in [3.05, 3.63) is 70.3 Å². The molecule has 7 nitrogen and oxygen atoms in total. The molecule has 0 aromatic carbocycles. The van der Waals surface area contributed by atoms with Crippen molar-refractivity contribution in [1.29, 1.82) is 0 Å². The van der Waals surface area contributed by atoms with Gasteiger partial charge in [0.25, 0.3) is 11.4 Å². The third-order valence-corrected chi connectivity index (χ3v) is 4.12. The van der Waals surface area contributed by atoms with Gasteiger partial charge >= 0.3 is 0 Å². The van der Waals surface area contributed by atoms with Crippen LogP contribution in [0.25, 0.3) is 0 Å². The Morgan fingerprint density at radius 2 is 2.00 bits per heavy atom. The van der Waals surface area contributed by atoms with Gasteiger partial charge in [-0.1, -0.05) is 5.92 Å². The third-order valence-electron chi connectivity index (χ3n) is 4.12. The number of oxazole rings is 1. The molecule has 0 amide bonds. The Morgan fingerprint density at radius 3 is 2.69 bits per heavy atom. The van der Waals surface area contributed by atoms with Gasteiger partial charge in [-0.2, -0.15) is 0 Å². The molecule has 1 aliphatic rings. The van der Waals surface area contributed by atoms with E-state index in [1.807, 2.05) is 6.92 Å². The van der Waals surface area contributed by atoms with Gasteiger partial charge in [0.1, 0.15) is 18.1 Å². The number of terminal acetylenes is 1. The van der Waals surface area contributed by atoms with Crippen LogP contribution in [-0.4, -0.2) is 19.5 Å². The zero-order valence-electron chi connectivity index (χ0n) is 16.0. The summed E-state index contributed by atoms with van der Waals surface area (Å²) in [6.45, 7) is 2.34. The number of pyridine rings is 1. The number of rotatable bonds is 5. The zero-order valence-corrected chi connectivity index (χ0v) is 16.0. The van der Waals surface area contributed by atoms with Crippen LogP contribution in [0.1, 0.15) is 36.0 Å². The van der Waals surface area contributed by atoms with E-state index < -0.39 is 0 Å². The van der Waals surface area contributed by atoms with E-state index in [1.165, 1.54) is 6.07 Å². The Morgan fingerprint density at radius 1 is 1.24 bits per heavy atom. The van der Waals surface area contributed by atoms with Crippen molar-refractivity contribution in [2.75, 3.05) is 0 Å². The van der Waals surface area contributed by atoms with Crippen molar-refractivity contribution in [2.45, 2.75) is 32.9 Å². The lowest BCUT2D eigenvalue weighted by Gasteiger charge is -2.11. The standard InChI is InChI=1S/C20H18N4O3.C2H2/c1-14-9-16(26-13-18-21-7-2-8-22-18)10-20(25)24(14)12-17-11-23-19(27-17)6-5-15-3-4-15;1-2/h2,7-11,15H,3-4,12-13H2,1H3;1-2H. The molecule has 0 saturated heterocycles. The summed E-state index contributed by atoms with van der Waals surface area (Å²) in [5, 5.41) is 0. The van der Waals surface area contributed by atoms with Crippen LogP contribution in [0, 0.1) is 37.5 Å². The molecule has 3 aromatic heterocycles. The van der Waals surface area contributed by atoms with E-state index >= 15 is 0 Å². The number of nitrogens with zero attached hydrogens (tertiary/aromatic N) is 4. The lowest BCUT2D eigenvalue weighted by atomic mass is 10.3. The van der Waals surface area contributed by atoms with Crippen LogP contribution in [0.5, 0.6) is 5.75 Å². The fourth-order valence-electron chi connectivity index (χ4n) is 2.52. The lowest BCUT2D eigenvalue weighted by Crippen LogP contribution is -2.22. The second-order valence-corrected chi connectivity index (χ2v) is 6.39. The van der Waals surface area contributed by atoms with Crippen molar-refractivity contribution in [1.82, 2.24) is 19.5 Å². The fraction of sp³-hybridized carbons (Fsp3) is 0.273. The number of aromatic nitrogens is 4. The summed E-state index contributed by atoms with van der Waals surface area (Å²) in [6, 6.07) is 4.98. The first-order valence-corrected chi connectivity index (χ1v) is 9.07. The van der Waals surface area contributed by atoms with Gasteiger partial charge < -0.3 is 13.7 Å². The molecule has 0 aliphatic heterocycles. The van der Waals surface area contributed by atoms with Crippen molar-refractivity contribution in [2.24, 2.45) is 5.92 Å². The van der Waals surface area contributed by atoms with Gasteiger partial charge in [-0.25, -0.2) is 15.0 Å². The molecule has 0 bridgehead atoms. The van der Waals surface area contributed by atoms with Crippen LogP contribution in [0.3, 0.4) is 0 Å². The van der Waals surface area contributed by atoms with E-state index in [1.54, 1.807) is 35.3 Å². The van der Waals surface area contributed by atoms with Gasteiger partial charge in [-0.15, -0.1) is 12.8 Å². The SMILES string of the molecule is C#C.Cc1cc(OCc2ncccn2)cc(=O)n1Cc1cnc(C#CC2CC2)o1. The van der Waals surface area contributed by atoms with E-state index in [9.17, 15) is 4.79 Å². The van der Waals surface area contributed by atoms with E-state index in [0.29, 0.717) is 35.7 Å². The van der Waals surface area contributed by atoms with Crippen LogP contribution in [0.15, 0.2) is 46.0 Å². The van der Waals surface area contributed by atoms with Crippen LogP contribution in [0.2, 0.25) is 0 Å². The Hall–Kier alpha value is -3.84. The molecule has 0 unspecified atom stereocenters. The van der Waals surface area contributed by atoms with Gasteiger partial charge in [-0.3, -0.25) is 4.79 Å². The average Bonchev–Trinajstić information content (AvgIpc) is 3.47. The van der Waals surface area contributed by atoms with Crippen molar-refractivity contribution in [3.8, 4) is 30.4 Å². The minimum Gasteiger partial charge on any atom is -0.485 e. The summed E-state index contributed by atoms with van der Waals surface area (Å²) in [5.41, 5.74) is 0.578. The maximum atomic E-state index is 12.5. The van der Waals surface area contributed by atoms with Gasteiger partial charge in [0.05, 0.1) is 12.7 Å². The number of ether oxygens (including phenoxy) is 1. The summed E-state index contributed by atoms with van der Waals surface area (Å²) in [7, 11) is 0. The summed E-state index contributed by atoms with van der Waals surface area (Å²) in [5.74, 6) is 8.55. The van der Waals surface area contributed by atoms with Gasteiger partial charge in [-0.05, 0) is 37.8 Å². The smallest absolute Gasteiger partial charge is 0.273 e. The topological polar surface area (TPSA) is 83.0 Å². The molecule has 1 aliphatic carbocycles. The maximum Gasteiger partial charge on any atom is 0.273 e. The molecule has 1 fully saturated rings. The van der Waals surface area contributed by atoms with Gasteiger partial charge in [0.15, 0.2) is 5.82 Å². The Labute approximate surface area is 168 Å². The molecule has 3 aromatic rings. The Kier molecular flexibility index (Phi) is 6.44. The fourth-order valence-corrected chi connectivity index (χ4v) is 2.52. The predicted molar refractivity (Wildman–Crippen MR) is 107 cm³/mol. The van der Waals surface area contributed by atoms with Gasteiger partial charge in [0, 0.05) is 30.1 Å². The monoisotopic (exact) mass is 388 g/mol. The van der Waals surface area contributed by atoms with Crippen molar-refractivity contribution >= 4 is 0 Å². The summed E-state index contributed by atoms with van der Waals surface area (Å²) in [4.78, 5) is 24.8. The molecular weight excluding hydrogens is 368 g/mol. The van der Waals surface area contributed by atoms with Crippen LogP contribution in [-0.2, 0) is 13.2 Å². The first kappa shape index (κ1) is 19.9. The molecule has 0 N–H and O–H groups in total. The molecule has 0 spiro atoms. The second-order valence-electron chi connectivity index (χ2n) is 6.39. The number of hydrogen-bond acceptors (Lipinski definition) is 6. The normalized spacial score (nSPS) is 12.2. The lowest BCUT2D eigenvalue weighted by molar-refractivity contribution is 0.294. The molecule has 0 atom stereocenters. The average molecular weight is 388 g/mol. The third kappa shape index (κ3) is 5.57. The zero-order chi connectivity index (χ0) is 20.6. The molecule has 1 saturated carbocycles. The molecule has 0 radical (unpaired) electrons. The van der Waals surface area contributed by atoms with Crippen LogP contribution in [0.4, 0.5) is 0 Å². The summed E-state index contributed by atoms with van der Waals surface area (Å²) in [6.07, 6.45) is 15.2. The molecule has 3 heterocycles. The first-order chi connectivity index (χ1) is 14.2. The highest BCUT2D eigenvalue weighted by Gasteiger charge is 2.18. The highest BCUT2D eigenvalue weighted by molar-refractivity contribution is 5.25. The Balaban J connectivity index is 0.00000117. The van der Waals surface area contributed by atoms with E-state index in [-0.39, 0.29) is 12.2 Å². The van der Waals surface area contributed by atoms with Crippen LogP contribution < -0.4 is 10.3 Å². The van der Waals surface area contributed by atoms with Crippen molar-refractivity contribution in [3.63, 3.8) is 0 Å². The quantitative estimate of drug-likeness (QED) is 0.625. The van der Waals surface area contributed by atoms with E-state index in [2.05, 4.69) is 39.6 Å². The molecule has 29 heavy (non-hydrogen) atoms. The first-order valence-electron chi connectivity index (χ1n) is 9.07. The second kappa shape index (κ2) is 9.38. The minimum absolute atomic E-state index is 0.180. The van der Waals surface area contributed by atoms with Gasteiger partial charge in [0.2, 0.25) is 0 Å². The van der Waals surface area contributed by atoms with Crippen LogP contribution >= 0.6 is 0 Å². The highest BCUT2D eigenvalue weighted by Crippen LogP contribution is 2.27. The predicted octanol–water partition coefficient (Wildman–Crippen LogP) is 2.57. The molecular formula is C22H20N4O3. The highest BCUT2D eigenvalue weighted by atomic mass is 16.5. The molecule has 4 rings (SSSR count). The number of aryl methyl sites for hydroxylation is 1. The molecule has 146 valence electrons. The van der Waals surface area contributed by atoms with E-state index in [4.69, 9.17) is 9.15 Å². The summed E-state index contributed by atoms with van der Waals surface area (Å²) >= 11 is 0. The Bertz CT molecular complexity index is 1100. The largest absolute Gasteiger partial charge is 0.485 e. The minimum atomic E-state index is -0.180. The maximum absolute atomic E-state index is 12.5. The molecule has 7 heteroatoms. The van der Waals surface area contributed by atoms with E-state index in [0.717, 1.165) is 18.5 Å². The number of hydrogen-bond donors (Lipinski definition) is 0.